The van der Waals surface area contributed by atoms with Crippen LogP contribution in [0.4, 0.5) is 0 Å². The summed E-state index contributed by atoms with van der Waals surface area (Å²) in [6.07, 6.45) is 7.13. The van der Waals surface area contributed by atoms with Crippen molar-refractivity contribution in [2.24, 2.45) is 27.5 Å². The lowest BCUT2D eigenvalue weighted by Crippen LogP contribution is -2.49. The summed E-state index contributed by atoms with van der Waals surface area (Å²) < 4.78 is 12.0. The Morgan fingerprint density at radius 3 is 2.57 bits per heavy atom. The van der Waals surface area contributed by atoms with Crippen LogP contribution in [0, 0.1) is 28.6 Å². The maximum absolute atomic E-state index is 12.2. The molecule has 1 saturated carbocycles. The van der Waals surface area contributed by atoms with Gasteiger partial charge in [0.2, 0.25) is 0 Å². The zero-order valence-electron chi connectivity index (χ0n) is 26.7. The summed E-state index contributed by atoms with van der Waals surface area (Å²) in [5.74, 6) is 7.27. The van der Waals surface area contributed by atoms with E-state index in [9.17, 15) is 20.1 Å². The molecule has 0 radical (unpaired) electrons. The molecule has 4 atom stereocenters. The third-order valence-electron chi connectivity index (χ3n) is 10.1. The number of guanidine groups is 1. The second-order valence-corrected chi connectivity index (χ2v) is 13.2. The highest BCUT2D eigenvalue weighted by atomic mass is 16.5. The van der Waals surface area contributed by atoms with Crippen molar-refractivity contribution < 1.29 is 29.6 Å². The summed E-state index contributed by atoms with van der Waals surface area (Å²) >= 11 is 0. The van der Waals surface area contributed by atoms with Crippen LogP contribution < -0.4 is 21.1 Å². The van der Waals surface area contributed by atoms with Gasteiger partial charge in [0.15, 0.2) is 17.5 Å². The Labute approximate surface area is 262 Å². The van der Waals surface area contributed by atoms with Gasteiger partial charge in [-0.25, -0.2) is 0 Å². The molecule has 1 aliphatic heterocycles. The number of nitrogens with zero attached hydrogens (tertiary/aromatic N) is 1. The van der Waals surface area contributed by atoms with E-state index in [1.54, 1.807) is 19.2 Å². The molecule has 3 aliphatic rings. The number of hydrogen-bond donors (Lipinski definition) is 6. The maximum Gasteiger partial charge on any atom is 0.302 e. The molecule has 10 nitrogen and oxygen atoms in total. The largest absolute Gasteiger partial charge is 0.504 e. The SMILES string of the molecule is CN=C(N)NC[C@@]1(C2(C)CCCC2)C#CC[C@H](Cc2cc(OC3CCNCC3)c(O)cc2CO)[C@H](OC(C)=O)C[C@@H](O)CC1. The van der Waals surface area contributed by atoms with Crippen LogP contribution in [0.3, 0.4) is 0 Å². The van der Waals surface area contributed by atoms with Crippen molar-refractivity contribution in [2.75, 3.05) is 26.7 Å². The highest BCUT2D eigenvalue weighted by Crippen LogP contribution is 2.53. The number of aliphatic hydroxyl groups excluding tert-OH is 2. The van der Waals surface area contributed by atoms with Gasteiger partial charge in [0, 0.05) is 39.3 Å². The molecule has 2 aliphatic carbocycles. The Kier molecular flexibility index (Phi) is 11.8. The van der Waals surface area contributed by atoms with Gasteiger partial charge >= 0.3 is 5.97 Å². The quantitative estimate of drug-likeness (QED) is 0.107. The number of aromatic hydroxyl groups is 1. The number of piperidine rings is 1. The van der Waals surface area contributed by atoms with Crippen molar-refractivity contribution in [3.8, 4) is 23.3 Å². The first kappa shape index (κ1) is 33.9. The molecule has 1 aromatic carbocycles. The highest BCUT2D eigenvalue weighted by molar-refractivity contribution is 5.77. The van der Waals surface area contributed by atoms with Gasteiger partial charge in [0.25, 0.3) is 0 Å². The number of benzene rings is 1. The Hall–Kier alpha value is -3.00. The molecule has 0 unspecified atom stereocenters. The Balaban J connectivity index is 1.70. The number of nitrogens with one attached hydrogen (secondary N) is 2. The molecule has 0 bridgehead atoms. The molecule has 1 saturated heterocycles. The minimum absolute atomic E-state index is 0.00832. The van der Waals surface area contributed by atoms with Crippen LogP contribution in [0.25, 0.3) is 0 Å². The second kappa shape index (κ2) is 15.3. The summed E-state index contributed by atoms with van der Waals surface area (Å²) in [6, 6.07) is 3.36. The summed E-state index contributed by atoms with van der Waals surface area (Å²) in [5, 5.41) is 38.9. The average molecular weight is 613 g/mol. The molecule has 44 heavy (non-hydrogen) atoms. The van der Waals surface area contributed by atoms with Gasteiger partial charge in [0.1, 0.15) is 12.2 Å². The maximum atomic E-state index is 12.2. The lowest BCUT2D eigenvalue weighted by molar-refractivity contribution is -0.151. The van der Waals surface area contributed by atoms with Crippen molar-refractivity contribution in [1.29, 1.82) is 0 Å². The standard InChI is InChI=1S/C34H52N4O6/c1-23(40)43-30-20-27(41)8-14-34(22-38-32(35)36-3,33(2)11-4-5-12-33)13-6-7-24(30)17-25-19-31(29(42)18-26(25)21-39)44-28-9-15-37-16-10-28/h18-19,24,27-28,30,37,39,41-42H,4-5,7-12,14-17,20-22H2,1-3H3,(H3,35,36,38)/t24-,27+,30-,34-/m1/s1. The zero-order valence-corrected chi connectivity index (χ0v) is 26.7. The number of phenolic OH excluding ortho intramolecular Hbond substituents is 1. The van der Waals surface area contributed by atoms with E-state index in [-0.39, 0.29) is 36.2 Å². The van der Waals surface area contributed by atoms with E-state index in [0.717, 1.165) is 57.2 Å². The van der Waals surface area contributed by atoms with E-state index in [0.29, 0.717) is 49.5 Å². The molecule has 7 N–H and O–H groups in total. The van der Waals surface area contributed by atoms with E-state index < -0.39 is 23.6 Å². The summed E-state index contributed by atoms with van der Waals surface area (Å²) in [4.78, 5) is 16.3. The van der Waals surface area contributed by atoms with Gasteiger partial charge < -0.3 is 41.2 Å². The number of phenols is 1. The predicted molar refractivity (Wildman–Crippen MR) is 170 cm³/mol. The molecule has 0 spiro atoms. The van der Waals surface area contributed by atoms with E-state index in [4.69, 9.17) is 15.2 Å². The van der Waals surface area contributed by atoms with Crippen LogP contribution >= 0.6 is 0 Å². The fourth-order valence-corrected chi connectivity index (χ4v) is 7.31. The van der Waals surface area contributed by atoms with Gasteiger partial charge in [-0.2, -0.15) is 0 Å². The van der Waals surface area contributed by atoms with Gasteiger partial charge in [-0.05, 0) is 86.7 Å². The molecule has 0 aromatic heterocycles. The normalized spacial score (nSPS) is 28.0. The summed E-state index contributed by atoms with van der Waals surface area (Å²) in [6.45, 7) is 5.68. The molecule has 2 fully saturated rings. The van der Waals surface area contributed by atoms with Crippen LogP contribution in [0.5, 0.6) is 11.5 Å². The lowest BCUT2D eigenvalue weighted by Gasteiger charge is -2.45. The first-order chi connectivity index (χ1) is 21.1. The third-order valence-corrected chi connectivity index (χ3v) is 10.1. The van der Waals surface area contributed by atoms with Gasteiger partial charge in [-0.15, -0.1) is 5.92 Å². The van der Waals surface area contributed by atoms with E-state index >= 15 is 0 Å². The van der Waals surface area contributed by atoms with Crippen molar-refractivity contribution in [3.05, 3.63) is 23.3 Å². The number of nitrogens with two attached hydrogens (primary N) is 1. The minimum Gasteiger partial charge on any atom is -0.504 e. The molecular formula is C34H52N4O6. The molecule has 1 aromatic rings. The highest BCUT2D eigenvalue weighted by Gasteiger charge is 2.49. The van der Waals surface area contributed by atoms with E-state index in [1.807, 2.05) is 0 Å². The van der Waals surface area contributed by atoms with E-state index in [1.165, 1.54) is 6.92 Å². The van der Waals surface area contributed by atoms with Gasteiger partial charge in [0.05, 0.1) is 18.1 Å². The molecule has 10 heteroatoms. The van der Waals surface area contributed by atoms with Gasteiger partial charge in [-0.1, -0.05) is 25.7 Å². The zero-order chi connectivity index (χ0) is 31.7. The van der Waals surface area contributed by atoms with Crippen molar-refractivity contribution in [3.63, 3.8) is 0 Å². The summed E-state index contributed by atoms with van der Waals surface area (Å²) in [7, 11) is 1.65. The second-order valence-electron chi connectivity index (χ2n) is 13.2. The lowest BCUT2D eigenvalue weighted by atomic mass is 9.60. The number of ether oxygens (including phenoxy) is 2. The number of aliphatic imine (C=N–C) groups is 1. The topological polar surface area (TPSA) is 159 Å². The van der Waals surface area contributed by atoms with Crippen LogP contribution in [0.1, 0.15) is 89.2 Å². The number of carbonyl (C=O) groups is 1. The van der Waals surface area contributed by atoms with Crippen LogP contribution in [0.15, 0.2) is 17.1 Å². The first-order valence-corrected chi connectivity index (χ1v) is 16.2. The minimum atomic E-state index is -0.695. The van der Waals surface area contributed by atoms with Crippen LogP contribution in [0.2, 0.25) is 0 Å². The molecule has 244 valence electrons. The smallest absolute Gasteiger partial charge is 0.302 e. The first-order valence-electron chi connectivity index (χ1n) is 16.2. The number of carbonyl (C=O) groups excluding carboxylic acids is 1. The van der Waals surface area contributed by atoms with Gasteiger partial charge in [-0.3, -0.25) is 9.79 Å². The predicted octanol–water partition coefficient (Wildman–Crippen LogP) is 3.14. The fourth-order valence-electron chi connectivity index (χ4n) is 7.31. The average Bonchev–Trinajstić information content (AvgIpc) is 3.46. The monoisotopic (exact) mass is 612 g/mol. The van der Waals surface area contributed by atoms with Crippen LogP contribution in [-0.2, 0) is 22.6 Å². The number of aliphatic hydroxyl groups is 2. The number of hydrogen-bond acceptors (Lipinski definition) is 8. The molecule has 0 amide bonds. The Bertz CT molecular complexity index is 1210. The van der Waals surface area contributed by atoms with Crippen LogP contribution in [-0.4, -0.2) is 72.2 Å². The Morgan fingerprint density at radius 2 is 1.91 bits per heavy atom. The molecule has 4 rings (SSSR count). The Morgan fingerprint density at radius 1 is 1.18 bits per heavy atom. The van der Waals surface area contributed by atoms with E-state index in [2.05, 4.69) is 34.4 Å². The molecular weight excluding hydrogens is 560 g/mol. The summed E-state index contributed by atoms with van der Waals surface area (Å²) in [5.41, 5.74) is 6.97. The third kappa shape index (κ3) is 8.38. The fraction of sp³-hybridized carbons (Fsp3) is 0.706. The number of esters is 1. The van der Waals surface area contributed by atoms with Crippen molar-refractivity contribution in [2.45, 2.75) is 109 Å². The van der Waals surface area contributed by atoms with Crippen molar-refractivity contribution >= 4 is 11.9 Å². The van der Waals surface area contributed by atoms with Crippen molar-refractivity contribution in [1.82, 2.24) is 10.6 Å². The molecule has 1 heterocycles. The number of rotatable bonds is 9.